The molecule has 0 aliphatic carbocycles. The number of aliphatic imine (C=N–C) groups is 1. The first-order chi connectivity index (χ1) is 10.8. The highest BCUT2D eigenvalue weighted by Gasteiger charge is 2.13. The second kappa shape index (κ2) is 7.21. The van der Waals surface area contributed by atoms with E-state index in [0.29, 0.717) is 0 Å². The minimum absolute atomic E-state index is 0.722. The fraction of sp³-hybridized carbons (Fsp3) is 0.500. The first kappa shape index (κ1) is 17.6. The molecular formula is C16H25BrN6. The van der Waals surface area contributed by atoms with Gasteiger partial charge in [-0.05, 0) is 35.8 Å². The van der Waals surface area contributed by atoms with Gasteiger partial charge in [-0.15, -0.1) is 0 Å². The molecule has 0 saturated heterocycles. The SMILES string of the molecule is CN=C(NCc1c(C)nn(C)c1C)N(C)Cc1cc(Br)cn1C. The first-order valence-electron chi connectivity index (χ1n) is 7.55. The van der Waals surface area contributed by atoms with Gasteiger partial charge in [0.05, 0.1) is 12.2 Å². The molecule has 2 heterocycles. The molecule has 0 aliphatic heterocycles. The van der Waals surface area contributed by atoms with Crippen LogP contribution in [0.4, 0.5) is 0 Å². The Kier molecular flexibility index (Phi) is 5.51. The Hall–Kier alpha value is -1.76. The average Bonchev–Trinajstić information content (AvgIpc) is 2.91. The van der Waals surface area contributed by atoms with E-state index in [0.717, 1.165) is 29.2 Å². The van der Waals surface area contributed by atoms with Crippen molar-refractivity contribution in [1.29, 1.82) is 0 Å². The summed E-state index contributed by atoms with van der Waals surface area (Å²) in [5.41, 5.74) is 4.68. The molecule has 0 unspecified atom stereocenters. The van der Waals surface area contributed by atoms with E-state index < -0.39 is 0 Å². The summed E-state index contributed by atoms with van der Waals surface area (Å²) in [7, 11) is 7.87. The summed E-state index contributed by atoms with van der Waals surface area (Å²) in [4.78, 5) is 6.50. The van der Waals surface area contributed by atoms with Crippen LogP contribution in [0.2, 0.25) is 0 Å². The maximum absolute atomic E-state index is 4.46. The van der Waals surface area contributed by atoms with Gasteiger partial charge < -0.3 is 14.8 Å². The van der Waals surface area contributed by atoms with E-state index in [1.54, 1.807) is 0 Å². The van der Waals surface area contributed by atoms with Crippen LogP contribution in [0.1, 0.15) is 22.6 Å². The summed E-state index contributed by atoms with van der Waals surface area (Å²) in [6, 6.07) is 2.12. The number of guanidine groups is 1. The van der Waals surface area contributed by atoms with Crippen molar-refractivity contribution in [3.63, 3.8) is 0 Å². The summed E-state index contributed by atoms with van der Waals surface area (Å²) in [5.74, 6) is 0.866. The van der Waals surface area contributed by atoms with Gasteiger partial charge >= 0.3 is 0 Å². The third-order valence-corrected chi connectivity index (χ3v) is 4.56. The van der Waals surface area contributed by atoms with Crippen LogP contribution in [0.3, 0.4) is 0 Å². The summed E-state index contributed by atoms with van der Waals surface area (Å²) in [6.45, 7) is 5.63. The minimum Gasteiger partial charge on any atom is -0.352 e. The first-order valence-corrected chi connectivity index (χ1v) is 8.34. The summed E-state index contributed by atoms with van der Waals surface area (Å²) >= 11 is 3.51. The van der Waals surface area contributed by atoms with Crippen LogP contribution in [0.25, 0.3) is 0 Å². The predicted molar refractivity (Wildman–Crippen MR) is 97.5 cm³/mol. The van der Waals surface area contributed by atoms with Crippen molar-refractivity contribution in [3.8, 4) is 0 Å². The Labute approximate surface area is 146 Å². The van der Waals surface area contributed by atoms with Gasteiger partial charge in [0.2, 0.25) is 0 Å². The molecule has 126 valence electrons. The number of hydrogen-bond donors (Lipinski definition) is 1. The van der Waals surface area contributed by atoms with E-state index in [1.165, 1.54) is 17.0 Å². The lowest BCUT2D eigenvalue weighted by atomic mass is 10.2. The summed E-state index contributed by atoms with van der Waals surface area (Å²) < 4.78 is 5.12. The highest BCUT2D eigenvalue weighted by Crippen LogP contribution is 2.15. The molecule has 2 aromatic rings. The molecule has 0 atom stereocenters. The molecule has 23 heavy (non-hydrogen) atoms. The Bertz CT molecular complexity index is 712. The van der Waals surface area contributed by atoms with Crippen molar-refractivity contribution in [2.75, 3.05) is 14.1 Å². The van der Waals surface area contributed by atoms with E-state index in [9.17, 15) is 0 Å². The number of rotatable bonds is 4. The van der Waals surface area contributed by atoms with Gasteiger partial charge in [0.15, 0.2) is 5.96 Å². The molecule has 0 aromatic carbocycles. The summed E-state index contributed by atoms with van der Waals surface area (Å²) in [5, 5.41) is 7.88. The third-order valence-electron chi connectivity index (χ3n) is 4.13. The van der Waals surface area contributed by atoms with Crippen molar-refractivity contribution in [1.82, 2.24) is 24.6 Å². The van der Waals surface area contributed by atoms with Gasteiger partial charge in [0.25, 0.3) is 0 Å². The van der Waals surface area contributed by atoms with Gasteiger partial charge in [-0.1, -0.05) is 0 Å². The van der Waals surface area contributed by atoms with Crippen molar-refractivity contribution >= 4 is 21.9 Å². The molecule has 0 saturated carbocycles. The van der Waals surface area contributed by atoms with Crippen LogP contribution in [0, 0.1) is 13.8 Å². The zero-order chi connectivity index (χ0) is 17.1. The standard InChI is InChI=1S/C16H25BrN6/c1-11-15(12(2)23(6)20-11)8-19-16(18-3)22(5)10-14-7-13(17)9-21(14)4/h7,9H,8,10H2,1-6H3,(H,18,19). The number of nitrogens with one attached hydrogen (secondary N) is 1. The number of aryl methyl sites for hydroxylation is 3. The van der Waals surface area contributed by atoms with Crippen LogP contribution in [-0.2, 0) is 27.2 Å². The number of hydrogen-bond acceptors (Lipinski definition) is 2. The van der Waals surface area contributed by atoms with Crippen LogP contribution in [-0.4, -0.2) is 39.3 Å². The molecule has 1 N–H and O–H groups in total. The van der Waals surface area contributed by atoms with Gasteiger partial charge in [-0.25, -0.2) is 0 Å². The van der Waals surface area contributed by atoms with E-state index >= 15 is 0 Å². The highest BCUT2D eigenvalue weighted by atomic mass is 79.9. The molecule has 2 aromatic heterocycles. The van der Waals surface area contributed by atoms with Crippen LogP contribution in [0.5, 0.6) is 0 Å². The average molecular weight is 381 g/mol. The molecule has 0 amide bonds. The fourth-order valence-corrected chi connectivity index (χ4v) is 3.24. The largest absolute Gasteiger partial charge is 0.352 e. The fourth-order valence-electron chi connectivity index (χ4n) is 2.67. The topological polar surface area (TPSA) is 50.4 Å². The van der Waals surface area contributed by atoms with Crippen molar-refractivity contribution in [2.45, 2.75) is 26.9 Å². The molecule has 0 aliphatic rings. The van der Waals surface area contributed by atoms with E-state index in [1.807, 2.05) is 39.8 Å². The third kappa shape index (κ3) is 3.96. The number of aromatic nitrogens is 3. The smallest absolute Gasteiger partial charge is 0.194 e. The van der Waals surface area contributed by atoms with E-state index in [-0.39, 0.29) is 0 Å². The van der Waals surface area contributed by atoms with Crippen LogP contribution in [0.15, 0.2) is 21.7 Å². The van der Waals surface area contributed by atoms with Gasteiger partial charge in [-0.3, -0.25) is 9.67 Å². The maximum atomic E-state index is 4.46. The van der Waals surface area contributed by atoms with Crippen LogP contribution < -0.4 is 5.32 Å². The second-order valence-corrected chi connectivity index (χ2v) is 6.71. The summed E-state index contributed by atoms with van der Waals surface area (Å²) in [6.07, 6.45) is 2.06. The van der Waals surface area contributed by atoms with Crippen molar-refractivity contribution < 1.29 is 0 Å². The molecule has 0 fully saturated rings. The Morgan fingerprint density at radius 3 is 2.57 bits per heavy atom. The monoisotopic (exact) mass is 380 g/mol. The number of nitrogens with zero attached hydrogens (tertiary/aromatic N) is 5. The Morgan fingerprint density at radius 1 is 1.39 bits per heavy atom. The van der Waals surface area contributed by atoms with E-state index in [2.05, 4.69) is 60.0 Å². The Morgan fingerprint density at radius 2 is 2.09 bits per heavy atom. The zero-order valence-electron chi connectivity index (χ0n) is 14.7. The van der Waals surface area contributed by atoms with Crippen molar-refractivity contribution in [2.24, 2.45) is 19.1 Å². The lowest BCUT2D eigenvalue weighted by molar-refractivity contribution is 0.461. The zero-order valence-corrected chi connectivity index (χ0v) is 16.3. The quantitative estimate of drug-likeness (QED) is 0.654. The van der Waals surface area contributed by atoms with Crippen molar-refractivity contribution in [3.05, 3.63) is 39.4 Å². The van der Waals surface area contributed by atoms with Gasteiger partial charge in [0, 0.05) is 62.4 Å². The minimum atomic E-state index is 0.722. The van der Waals surface area contributed by atoms with Crippen LogP contribution >= 0.6 is 15.9 Å². The second-order valence-electron chi connectivity index (χ2n) is 5.79. The molecule has 7 heteroatoms. The van der Waals surface area contributed by atoms with E-state index in [4.69, 9.17) is 0 Å². The molecule has 2 rings (SSSR count). The molecular weight excluding hydrogens is 356 g/mol. The predicted octanol–water partition coefficient (Wildman–Crippen LogP) is 2.35. The van der Waals surface area contributed by atoms with Gasteiger partial charge in [-0.2, -0.15) is 5.10 Å². The Balaban J connectivity index is 2.04. The molecule has 0 bridgehead atoms. The normalized spacial score (nSPS) is 11.9. The lowest BCUT2D eigenvalue weighted by Crippen LogP contribution is -2.38. The van der Waals surface area contributed by atoms with Gasteiger partial charge in [0.1, 0.15) is 0 Å². The highest BCUT2D eigenvalue weighted by molar-refractivity contribution is 9.10. The maximum Gasteiger partial charge on any atom is 0.194 e. The molecule has 6 nitrogen and oxygen atoms in total. The molecule has 0 radical (unpaired) electrons. The lowest BCUT2D eigenvalue weighted by Gasteiger charge is -2.22. The number of halogens is 1. The molecule has 0 spiro atoms.